The fourth-order valence-corrected chi connectivity index (χ4v) is 2.93. The Hall–Kier alpha value is -1.66. The van der Waals surface area contributed by atoms with Gasteiger partial charge < -0.3 is 20.4 Å². The fourth-order valence-electron chi connectivity index (χ4n) is 2.93. The number of aliphatic hydroxyl groups excluding tert-OH is 1. The lowest BCUT2D eigenvalue weighted by molar-refractivity contribution is -0.137. The van der Waals surface area contributed by atoms with E-state index in [1.165, 1.54) is 5.56 Å². The van der Waals surface area contributed by atoms with Gasteiger partial charge in [-0.1, -0.05) is 13.0 Å². The molecule has 1 aromatic rings. The lowest BCUT2D eigenvalue weighted by atomic mass is 10.1. The number of nitrogens with one attached hydrogen (secondary N) is 1. The fraction of sp³-hybridized carbons (Fsp3) is 0.684. The van der Waals surface area contributed by atoms with E-state index < -0.39 is 12.1 Å². The summed E-state index contributed by atoms with van der Waals surface area (Å²) >= 11 is 0. The molecule has 0 fully saturated rings. The van der Waals surface area contributed by atoms with Crippen LogP contribution >= 0.6 is 0 Å². The van der Waals surface area contributed by atoms with Crippen LogP contribution in [0.25, 0.3) is 0 Å². The highest BCUT2D eigenvalue weighted by molar-refractivity contribution is 5.66. The van der Waals surface area contributed by atoms with Crippen molar-refractivity contribution < 1.29 is 15.0 Å². The van der Waals surface area contributed by atoms with Crippen molar-refractivity contribution in [2.24, 2.45) is 0 Å². The molecule has 0 spiro atoms. The number of hydrogen-bond donors (Lipinski definition) is 3. The molecule has 3 N–H and O–H groups in total. The van der Waals surface area contributed by atoms with E-state index in [1.54, 1.807) is 6.92 Å². The van der Waals surface area contributed by atoms with Crippen molar-refractivity contribution in [1.29, 1.82) is 0 Å². The van der Waals surface area contributed by atoms with Crippen molar-refractivity contribution in [3.05, 3.63) is 23.4 Å². The van der Waals surface area contributed by atoms with Gasteiger partial charge in [-0.3, -0.25) is 4.79 Å². The molecule has 1 rings (SSSR count). The number of pyridine rings is 1. The van der Waals surface area contributed by atoms with E-state index >= 15 is 0 Å². The maximum absolute atomic E-state index is 10.6. The average Bonchev–Trinajstić information content (AvgIpc) is 2.57. The molecule has 0 saturated heterocycles. The summed E-state index contributed by atoms with van der Waals surface area (Å²) in [6.45, 7) is 6.06. The third-order valence-electron chi connectivity index (χ3n) is 4.20. The van der Waals surface area contributed by atoms with Crippen molar-refractivity contribution in [2.45, 2.75) is 58.5 Å². The van der Waals surface area contributed by atoms with Gasteiger partial charge in [-0.15, -0.1) is 0 Å². The summed E-state index contributed by atoms with van der Waals surface area (Å²) < 4.78 is 0. The number of aliphatic carboxylic acids is 1. The molecular formula is C19H33N3O3. The zero-order valence-electron chi connectivity index (χ0n) is 15.8. The van der Waals surface area contributed by atoms with E-state index in [2.05, 4.69) is 34.3 Å². The minimum Gasteiger partial charge on any atom is -0.481 e. The summed E-state index contributed by atoms with van der Waals surface area (Å²) in [5, 5.41) is 21.5. The second-order valence-corrected chi connectivity index (χ2v) is 6.52. The third kappa shape index (κ3) is 8.84. The van der Waals surface area contributed by atoms with Crippen LogP contribution in [-0.2, 0) is 17.6 Å². The molecule has 0 unspecified atom stereocenters. The first-order chi connectivity index (χ1) is 12.0. The minimum absolute atomic E-state index is 0.177. The molecule has 1 heterocycles. The monoisotopic (exact) mass is 351 g/mol. The Morgan fingerprint density at radius 3 is 2.60 bits per heavy atom. The van der Waals surface area contributed by atoms with Crippen LogP contribution < -0.4 is 5.32 Å². The van der Waals surface area contributed by atoms with E-state index in [9.17, 15) is 9.90 Å². The number of carbonyl (C=O) groups is 1. The SMILES string of the molecule is CCc1ccc(CCCCN(CCCC(=O)O)C[C@@H](C)O)nc1NC. The molecule has 0 aliphatic carbocycles. The molecule has 6 heteroatoms. The van der Waals surface area contributed by atoms with E-state index in [0.29, 0.717) is 19.5 Å². The van der Waals surface area contributed by atoms with E-state index in [-0.39, 0.29) is 6.42 Å². The highest BCUT2D eigenvalue weighted by Gasteiger charge is 2.09. The predicted octanol–water partition coefficient (Wildman–Crippen LogP) is 2.56. The number of hydrogen-bond acceptors (Lipinski definition) is 5. The highest BCUT2D eigenvalue weighted by Crippen LogP contribution is 2.15. The summed E-state index contributed by atoms with van der Waals surface area (Å²) in [7, 11) is 1.90. The van der Waals surface area contributed by atoms with E-state index in [1.807, 2.05) is 7.05 Å². The largest absolute Gasteiger partial charge is 0.481 e. The van der Waals surface area contributed by atoms with Gasteiger partial charge in [0, 0.05) is 25.7 Å². The van der Waals surface area contributed by atoms with Gasteiger partial charge in [0.05, 0.1) is 6.10 Å². The van der Waals surface area contributed by atoms with Crippen LogP contribution in [0.3, 0.4) is 0 Å². The highest BCUT2D eigenvalue weighted by atomic mass is 16.4. The van der Waals surface area contributed by atoms with E-state index in [0.717, 1.165) is 43.7 Å². The van der Waals surface area contributed by atoms with Crippen LogP contribution in [0.1, 0.15) is 50.8 Å². The summed E-state index contributed by atoms with van der Waals surface area (Å²) in [6, 6.07) is 4.24. The minimum atomic E-state index is -0.765. The molecule has 0 aliphatic rings. The number of carboxylic acids is 1. The molecular weight excluding hydrogens is 318 g/mol. The maximum Gasteiger partial charge on any atom is 0.303 e. The van der Waals surface area contributed by atoms with Crippen LogP contribution in [0.4, 0.5) is 5.82 Å². The molecule has 0 bridgehead atoms. The zero-order chi connectivity index (χ0) is 18.7. The smallest absolute Gasteiger partial charge is 0.303 e. The van der Waals surface area contributed by atoms with Gasteiger partial charge in [-0.2, -0.15) is 0 Å². The molecule has 0 amide bonds. The number of nitrogens with zero attached hydrogens (tertiary/aromatic N) is 2. The Morgan fingerprint density at radius 1 is 1.28 bits per heavy atom. The van der Waals surface area contributed by atoms with Gasteiger partial charge in [0.1, 0.15) is 5.82 Å². The molecule has 0 radical (unpaired) electrons. The Balaban J connectivity index is 2.40. The van der Waals surface area contributed by atoms with Crippen LogP contribution in [0, 0.1) is 0 Å². The summed E-state index contributed by atoms with van der Waals surface area (Å²) in [6.07, 6.45) is 4.32. The van der Waals surface area contributed by atoms with Gasteiger partial charge in [0.15, 0.2) is 0 Å². The van der Waals surface area contributed by atoms with Crippen molar-refractivity contribution in [3.63, 3.8) is 0 Å². The normalized spacial score (nSPS) is 12.4. The maximum atomic E-state index is 10.6. The number of aliphatic hydroxyl groups is 1. The number of aromatic nitrogens is 1. The second kappa shape index (κ2) is 11.8. The van der Waals surface area contributed by atoms with Crippen molar-refractivity contribution in [1.82, 2.24) is 9.88 Å². The molecule has 0 aliphatic heterocycles. The van der Waals surface area contributed by atoms with Crippen LogP contribution in [0.15, 0.2) is 12.1 Å². The number of carboxylic acid groups (broad SMARTS) is 1. The van der Waals surface area contributed by atoms with Gasteiger partial charge >= 0.3 is 5.97 Å². The zero-order valence-corrected chi connectivity index (χ0v) is 15.8. The van der Waals surface area contributed by atoms with Gasteiger partial charge in [0.25, 0.3) is 0 Å². The molecule has 142 valence electrons. The topological polar surface area (TPSA) is 85.7 Å². The lowest BCUT2D eigenvalue weighted by Crippen LogP contribution is -2.33. The molecule has 25 heavy (non-hydrogen) atoms. The number of anilines is 1. The van der Waals surface area contributed by atoms with Crippen molar-refractivity contribution in [2.75, 3.05) is 32.0 Å². The second-order valence-electron chi connectivity index (χ2n) is 6.52. The Morgan fingerprint density at radius 2 is 2.00 bits per heavy atom. The molecule has 0 saturated carbocycles. The van der Waals surface area contributed by atoms with Crippen LogP contribution in [0.5, 0.6) is 0 Å². The Labute approximate surface area is 151 Å². The number of aryl methyl sites for hydroxylation is 2. The molecule has 0 aromatic carbocycles. The number of unbranched alkanes of at least 4 members (excludes halogenated alkanes) is 1. The first kappa shape index (κ1) is 21.4. The predicted molar refractivity (Wildman–Crippen MR) is 101 cm³/mol. The summed E-state index contributed by atoms with van der Waals surface area (Å²) in [4.78, 5) is 17.5. The average molecular weight is 351 g/mol. The van der Waals surface area contributed by atoms with Gasteiger partial charge in [-0.05, 0) is 63.7 Å². The number of rotatable bonds is 13. The van der Waals surface area contributed by atoms with Crippen LogP contribution in [0.2, 0.25) is 0 Å². The molecule has 1 aromatic heterocycles. The standard InChI is InChI=1S/C19H33N3O3/c1-4-16-10-11-17(21-19(16)20-3)8-5-6-12-22(14-15(2)23)13-7-9-18(24)25/h10-11,15,23H,4-9,12-14H2,1-3H3,(H,20,21)(H,24,25)/t15-/m1/s1. The molecule has 6 nitrogen and oxygen atoms in total. The van der Waals surface area contributed by atoms with Crippen molar-refractivity contribution >= 4 is 11.8 Å². The lowest BCUT2D eigenvalue weighted by Gasteiger charge is -2.23. The summed E-state index contributed by atoms with van der Waals surface area (Å²) in [5.74, 6) is 0.198. The van der Waals surface area contributed by atoms with Crippen molar-refractivity contribution in [3.8, 4) is 0 Å². The summed E-state index contributed by atoms with van der Waals surface area (Å²) in [5.41, 5.74) is 2.32. The Bertz CT molecular complexity index is 521. The quantitative estimate of drug-likeness (QED) is 0.474. The van der Waals surface area contributed by atoms with E-state index in [4.69, 9.17) is 5.11 Å². The third-order valence-corrected chi connectivity index (χ3v) is 4.20. The first-order valence-electron chi connectivity index (χ1n) is 9.25. The molecule has 1 atom stereocenters. The van der Waals surface area contributed by atoms with Gasteiger partial charge in [-0.25, -0.2) is 4.98 Å². The first-order valence-corrected chi connectivity index (χ1v) is 9.25. The van der Waals surface area contributed by atoms with Crippen LogP contribution in [-0.4, -0.2) is 58.9 Å². The Kier molecular flexibility index (Phi) is 10.1. The van der Waals surface area contributed by atoms with Gasteiger partial charge in [0.2, 0.25) is 0 Å².